The van der Waals surface area contributed by atoms with Crippen molar-refractivity contribution >= 4 is 17.3 Å². The number of nitrogens with two attached hydrogens (primary N) is 1. The molecule has 2 rings (SSSR count). The summed E-state index contributed by atoms with van der Waals surface area (Å²) in [4.78, 5) is 11.3. The van der Waals surface area contributed by atoms with Gasteiger partial charge in [0.15, 0.2) is 0 Å². The average Bonchev–Trinajstić information content (AvgIpc) is 2.34. The molecule has 0 radical (unpaired) electrons. The van der Waals surface area contributed by atoms with Gasteiger partial charge in [0, 0.05) is 24.6 Å². The molecule has 20 heavy (non-hydrogen) atoms. The maximum absolute atomic E-state index is 12.0. The van der Waals surface area contributed by atoms with Crippen LogP contribution in [0, 0.1) is 0 Å². The van der Waals surface area contributed by atoms with Crippen molar-refractivity contribution in [3.05, 3.63) is 17.7 Å². The number of carbonyl (C=O) groups excluding carboxylic acids is 1. The lowest BCUT2D eigenvalue weighted by molar-refractivity contribution is -0.136. The highest BCUT2D eigenvalue weighted by Crippen LogP contribution is 2.33. The van der Waals surface area contributed by atoms with Gasteiger partial charge in [-0.2, -0.15) is 13.2 Å². The Labute approximate surface area is 114 Å². The van der Waals surface area contributed by atoms with Gasteiger partial charge in [-0.15, -0.1) is 0 Å². The molecule has 0 aromatic heterocycles. The van der Waals surface area contributed by atoms with Crippen LogP contribution in [-0.2, 0) is 11.2 Å². The summed E-state index contributed by atoms with van der Waals surface area (Å²) in [5.41, 5.74) is 7.67. The number of amides is 1. The van der Waals surface area contributed by atoms with Crippen LogP contribution >= 0.6 is 0 Å². The van der Waals surface area contributed by atoms with Crippen molar-refractivity contribution in [2.45, 2.75) is 31.9 Å². The molecule has 110 valence electrons. The number of nitrogen functional groups attached to an aromatic ring is 1. The molecule has 4 nitrogen and oxygen atoms in total. The Morgan fingerprint density at radius 2 is 2.05 bits per heavy atom. The topological polar surface area (TPSA) is 64.3 Å². The third-order valence-corrected chi connectivity index (χ3v) is 2.99. The van der Waals surface area contributed by atoms with Crippen molar-refractivity contribution in [2.24, 2.45) is 0 Å². The minimum atomic E-state index is -4.18. The minimum Gasteiger partial charge on any atom is -0.491 e. The molecule has 7 heteroatoms. The first-order chi connectivity index (χ1) is 9.35. The number of carbonyl (C=O) groups is 1. The highest BCUT2D eigenvalue weighted by Gasteiger charge is 2.26. The number of aryl methyl sites for hydroxylation is 1. The lowest BCUT2D eigenvalue weighted by atomic mass is 10.0. The molecule has 1 amide bonds. The number of rotatable bonds is 4. The van der Waals surface area contributed by atoms with Crippen molar-refractivity contribution in [3.63, 3.8) is 0 Å². The second kappa shape index (κ2) is 5.60. The van der Waals surface area contributed by atoms with E-state index < -0.39 is 12.6 Å². The number of nitrogens with one attached hydrogen (secondary N) is 1. The fraction of sp³-hybridized carbons (Fsp3) is 0.462. The highest BCUT2D eigenvalue weighted by atomic mass is 19.4. The number of hydrogen-bond acceptors (Lipinski definition) is 3. The number of fused-ring (bicyclic) bond motifs is 1. The van der Waals surface area contributed by atoms with Gasteiger partial charge in [0.25, 0.3) is 0 Å². The average molecular weight is 288 g/mol. The van der Waals surface area contributed by atoms with Crippen LogP contribution in [0.5, 0.6) is 5.75 Å². The van der Waals surface area contributed by atoms with Gasteiger partial charge in [0.2, 0.25) is 5.91 Å². The van der Waals surface area contributed by atoms with Crippen molar-refractivity contribution in [1.82, 2.24) is 0 Å². The monoisotopic (exact) mass is 288 g/mol. The van der Waals surface area contributed by atoms with Crippen molar-refractivity contribution in [3.8, 4) is 5.75 Å². The molecule has 0 saturated carbocycles. The molecule has 1 aromatic carbocycles. The summed E-state index contributed by atoms with van der Waals surface area (Å²) in [7, 11) is 0. The van der Waals surface area contributed by atoms with E-state index in [0.29, 0.717) is 30.0 Å². The first-order valence-corrected chi connectivity index (χ1v) is 6.27. The number of halogens is 3. The first kappa shape index (κ1) is 14.5. The first-order valence-electron chi connectivity index (χ1n) is 6.27. The van der Waals surface area contributed by atoms with Crippen molar-refractivity contribution < 1.29 is 22.7 Å². The summed E-state index contributed by atoms with van der Waals surface area (Å²) in [6, 6.07) is 3.25. The quantitative estimate of drug-likeness (QED) is 0.661. The van der Waals surface area contributed by atoms with Crippen LogP contribution in [-0.4, -0.2) is 18.7 Å². The lowest BCUT2D eigenvalue weighted by Crippen LogP contribution is -2.19. The zero-order chi connectivity index (χ0) is 14.8. The smallest absolute Gasteiger partial charge is 0.389 e. The van der Waals surface area contributed by atoms with E-state index >= 15 is 0 Å². The Kier molecular flexibility index (Phi) is 4.06. The van der Waals surface area contributed by atoms with Crippen LogP contribution in [0.4, 0.5) is 24.5 Å². The van der Waals surface area contributed by atoms with Crippen LogP contribution in [0.15, 0.2) is 12.1 Å². The van der Waals surface area contributed by atoms with Crippen LogP contribution < -0.4 is 15.8 Å². The number of anilines is 2. The molecule has 0 bridgehead atoms. The fourth-order valence-corrected chi connectivity index (χ4v) is 2.01. The molecule has 3 N–H and O–H groups in total. The maximum Gasteiger partial charge on any atom is 0.389 e. The van der Waals surface area contributed by atoms with E-state index in [2.05, 4.69) is 5.32 Å². The summed E-state index contributed by atoms with van der Waals surface area (Å²) < 4.78 is 41.3. The van der Waals surface area contributed by atoms with E-state index in [0.717, 1.165) is 5.56 Å². The Morgan fingerprint density at radius 1 is 1.30 bits per heavy atom. The molecule has 1 heterocycles. The summed E-state index contributed by atoms with van der Waals surface area (Å²) in [6.07, 6.45) is -4.21. The van der Waals surface area contributed by atoms with Gasteiger partial charge >= 0.3 is 6.18 Å². The maximum atomic E-state index is 12.0. The number of ether oxygens (including phenoxy) is 1. The van der Waals surface area contributed by atoms with E-state index in [-0.39, 0.29) is 18.9 Å². The normalized spacial score (nSPS) is 14.7. The lowest BCUT2D eigenvalue weighted by Gasteiger charge is -2.19. The number of benzene rings is 1. The second-order valence-corrected chi connectivity index (χ2v) is 4.66. The third-order valence-electron chi connectivity index (χ3n) is 2.99. The summed E-state index contributed by atoms with van der Waals surface area (Å²) in [5, 5.41) is 2.69. The van der Waals surface area contributed by atoms with Crippen molar-refractivity contribution in [2.75, 3.05) is 17.7 Å². The SMILES string of the molecule is Nc1cc2c(cc1OCCCC(F)(F)F)NC(=O)CC2. The van der Waals surface area contributed by atoms with Gasteiger partial charge in [-0.25, -0.2) is 0 Å². The molecule has 0 atom stereocenters. The molecule has 1 aliphatic rings. The van der Waals surface area contributed by atoms with E-state index in [4.69, 9.17) is 10.5 Å². The Morgan fingerprint density at radius 3 is 2.75 bits per heavy atom. The van der Waals surface area contributed by atoms with Gasteiger partial charge in [0.05, 0.1) is 12.3 Å². The zero-order valence-electron chi connectivity index (χ0n) is 10.7. The standard InChI is InChI=1S/C13H15F3N2O2/c14-13(15,16)4-1-5-20-11-7-10-8(6-9(11)17)2-3-12(19)18-10/h6-7H,1-5,17H2,(H,18,19). The molecule has 0 fully saturated rings. The number of alkyl halides is 3. The minimum absolute atomic E-state index is 0.0730. The molecular weight excluding hydrogens is 273 g/mol. The number of hydrogen-bond donors (Lipinski definition) is 2. The van der Waals surface area contributed by atoms with Crippen LogP contribution in [0.25, 0.3) is 0 Å². The van der Waals surface area contributed by atoms with Crippen molar-refractivity contribution in [1.29, 1.82) is 0 Å². The predicted molar refractivity (Wildman–Crippen MR) is 68.6 cm³/mol. The Hall–Kier alpha value is -1.92. The summed E-state index contributed by atoms with van der Waals surface area (Å²) in [5.74, 6) is 0.207. The van der Waals surface area contributed by atoms with Gasteiger partial charge in [-0.1, -0.05) is 0 Å². The Bertz CT molecular complexity index is 515. The van der Waals surface area contributed by atoms with E-state index in [1.54, 1.807) is 12.1 Å². The molecule has 1 aromatic rings. The van der Waals surface area contributed by atoms with Crippen LogP contribution in [0.2, 0.25) is 0 Å². The predicted octanol–water partition coefficient (Wildman–Crippen LogP) is 2.87. The third kappa shape index (κ3) is 3.79. The van der Waals surface area contributed by atoms with Gasteiger partial charge in [-0.3, -0.25) is 4.79 Å². The fourth-order valence-electron chi connectivity index (χ4n) is 2.01. The molecular formula is C13H15F3N2O2. The van der Waals surface area contributed by atoms with Crippen LogP contribution in [0.1, 0.15) is 24.8 Å². The van der Waals surface area contributed by atoms with E-state index in [1.807, 2.05) is 0 Å². The van der Waals surface area contributed by atoms with Gasteiger partial charge in [0.1, 0.15) is 5.75 Å². The summed E-state index contributed by atoms with van der Waals surface area (Å²) >= 11 is 0. The molecule has 0 saturated heterocycles. The van der Waals surface area contributed by atoms with Gasteiger partial charge in [-0.05, 0) is 24.5 Å². The van der Waals surface area contributed by atoms with Gasteiger partial charge < -0.3 is 15.8 Å². The molecule has 1 aliphatic heterocycles. The molecule has 0 spiro atoms. The van der Waals surface area contributed by atoms with E-state index in [9.17, 15) is 18.0 Å². The molecule has 0 aliphatic carbocycles. The summed E-state index contributed by atoms with van der Waals surface area (Å²) in [6.45, 7) is -0.0730. The largest absolute Gasteiger partial charge is 0.491 e. The van der Waals surface area contributed by atoms with Crippen LogP contribution in [0.3, 0.4) is 0 Å². The van der Waals surface area contributed by atoms with E-state index in [1.165, 1.54) is 0 Å². The highest BCUT2D eigenvalue weighted by molar-refractivity contribution is 5.94. The zero-order valence-corrected chi connectivity index (χ0v) is 10.7. The Balaban J connectivity index is 1.98. The second-order valence-electron chi connectivity index (χ2n) is 4.66. The molecule has 0 unspecified atom stereocenters.